The molecular weight excluding hydrogens is 488 g/mol. The second-order valence-electron chi connectivity index (χ2n) is 5.44. The van der Waals surface area contributed by atoms with E-state index in [0.717, 1.165) is 6.42 Å². The molecule has 1 unspecified atom stereocenters. The molecule has 1 aliphatic heterocycles. The highest BCUT2D eigenvalue weighted by molar-refractivity contribution is 5.70. The van der Waals surface area contributed by atoms with Crippen molar-refractivity contribution < 1.29 is 82.4 Å². The topological polar surface area (TPSA) is 248 Å². The lowest BCUT2D eigenvalue weighted by Gasteiger charge is -2.08. The molecule has 1 fully saturated rings. The summed E-state index contributed by atoms with van der Waals surface area (Å²) in [5, 5.41) is 31.7. The van der Waals surface area contributed by atoms with Crippen LogP contribution in [0.2, 0.25) is 0 Å². The van der Waals surface area contributed by atoms with E-state index >= 15 is 0 Å². The van der Waals surface area contributed by atoms with Crippen LogP contribution in [-0.2, 0) is 38.0 Å². The van der Waals surface area contributed by atoms with E-state index in [9.17, 15) is 28.8 Å². The Balaban J connectivity index is -0.000000398. The quantitative estimate of drug-likeness (QED) is 0.205. The normalized spacial score (nSPS) is 11.6. The number of cyclic esters (lactones) is 1. The van der Waals surface area contributed by atoms with Crippen LogP contribution in [0.3, 0.4) is 0 Å². The van der Waals surface area contributed by atoms with Crippen molar-refractivity contribution in [3.05, 3.63) is 0 Å². The first-order chi connectivity index (χ1) is 16.3. The summed E-state index contributed by atoms with van der Waals surface area (Å²) in [7, 11) is 0. The van der Waals surface area contributed by atoms with Gasteiger partial charge in [0.2, 0.25) is 0 Å². The second kappa shape index (κ2) is 24.5. The van der Waals surface area contributed by atoms with Crippen LogP contribution in [-0.4, -0.2) is 103 Å². The van der Waals surface area contributed by atoms with E-state index < -0.39 is 36.9 Å². The molecule has 0 aromatic heterocycles. The molecule has 4 N–H and O–H groups in total. The molecule has 0 bridgehead atoms. The summed E-state index contributed by atoms with van der Waals surface area (Å²) in [6.45, 7) is 5.40. The summed E-state index contributed by atoms with van der Waals surface area (Å²) in [6.07, 6.45) is -5.63. The van der Waals surface area contributed by atoms with Crippen LogP contribution in [0.5, 0.6) is 0 Å². The standard InChI is InChI=1S/C5H8O6.C5H10O3.C4H6O6.C4H6O2/c1-3(11-5(8)9)2-10-4(6)7;1-3-7-5(6)8-4-2;5-3(6)9-1-2-10-4(7)8;5-4-2-1-3-6-4/h3H,2H2,1H3,(H,6,7)(H,8,9);3-4H2,1-2H3;1-2H2,(H,5,6)(H,7,8);1-3H2. The zero-order valence-electron chi connectivity index (χ0n) is 19.3. The molecule has 0 spiro atoms. The minimum absolute atomic E-state index is 0.0463. The Hall–Kier alpha value is -4.18. The third-order valence-corrected chi connectivity index (χ3v) is 2.59. The van der Waals surface area contributed by atoms with Crippen molar-refractivity contribution in [2.45, 2.75) is 39.7 Å². The molecule has 0 saturated carbocycles. The summed E-state index contributed by atoms with van der Waals surface area (Å²) < 4.78 is 29.4. The Kier molecular flexibility index (Phi) is 24.7. The fourth-order valence-electron chi connectivity index (χ4n) is 1.40. The Bertz CT molecular complexity index is 601. The minimum Gasteiger partial charge on any atom is -0.466 e. The van der Waals surface area contributed by atoms with Crippen molar-refractivity contribution in [1.82, 2.24) is 0 Å². The van der Waals surface area contributed by atoms with Gasteiger partial charge in [0.25, 0.3) is 0 Å². The van der Waals surface area contributed by atoms with Crippen LogP contribution in [0.25, 0.3) is 0 Å². The Morgan fingerprint density at radius 2 is 1.26 bits per heavy atom. The van der Waals surface area contributed by atoms with E-state index in [4.69, 9.17) is 20.4 Å². The monoisotopic (exact) mass is 518 g/mol. The Morgan fingerprint density at radius 1 is 0.800 bits per heavy atom. The van der Waals surface area contributed by atoms with E-state index in [2.05, 4.69) is 33.2 Å². The number of carbonyl (C=O) groups excluding carboxylic acids is 2. The predicted molar refractivity (Wildman–Crippen MR) is 109 cm³/mol. The summed E-state index contributed by atoms with van der Waals surface area (Å²) in [6, 6.07) is 0. The molecule has 1 rings (SSSR count). The molecule has 0 aliphatic carbocycles. The Labute approximate surface area is 199 Å². The van der Waals surface area contributed by atoms with Crippen molar-refractivity contribution in [2.24, 2.45) is 0 Å². The van der Waals surface area contributed by atoms with Gasteiger partial charge in [0.1, 0.15) is 25.9 Å². The lowest BCUT2D eigenvalue weighted by molar-refractivity contribution is -0.137. The summed E-state index contributed by atoms with van der Waals surface area (Å²) in [4.78, 5) is 59.1. The first-order valence-corrected chi connectivity index (χ1v) is 9.77. The zero-order valence-corrected chi connectivity index (χ0v) is 19.3. The first-order valence-electron chi connectivity index (χ1n) is 9.77. The highest BCUT2D eigenvalue weighted by atomic mass is 16.7. The maximum atomic E-state index is 10.2. The number of hydrogen-bond donors (Lipinski definition) is 4. The van der Waals surface area contributed by atoms with Gasteiger partial charge in [-0.3, -0.25) is 4.79 Å². The molecule has 0 amide bonds. The summed E-state index contributed by atoms with van der Waals surface area (Å²) in [5.74, 6) is -0.0463. The first kappa shape index (κ1) is 35.4. The van der Waals surface area contributed by atoms with Crippen molar-refractivity contribution in [1.29, 1.82) is 0 Å². The molecule has 0 aromatic carbocycles. The van der Waals surface area contributed by atoms with Crippen molar-refractivity contribution in [3.8, 4) is 0 Å². The van der Waals surface area contributed by atoms with Crippen molar-refractivity contribution in [2.75, 3.05) is 39.6 Å². The molecular formula is C18H30O17. The highest BCUT2D eigenvalue weighted by Gasteiger charge is 2.09. The number of rotatable bonds is 8. The number of carbonyl (C=O) groups is 6. The SMILES string of the molecule is CC(COC(=O)O)OC(=O)O.CCOC(=O)OCC.O=C(O)OCCOC(=O)O.O=C1CCCO1. The number of carboxylic acid groups (broad SMARTS) is 4. The van der Waals surface area contributed by atoms with Crippen LogP contribution in [0.15, 0.2) is 0 Å². The lowest BCUT2D eigenvalue weighted by Crippen LogP contribution is -2.20. The van der Waals surface area contributed by atoms with E-state index in [-0.39, 0.29) is 25.8 Å². The molecule has 17 heteroatoms. The van der Waals surface area contributed by atoms with Crippen LogP contribution < -0.4 is 0 Å². The lowest BCUT2D eigenvalue weighted by atomic mass is 10.4. The fourth-order valence-corrected chi connectivity index (χ4v) is 1.40. The molecule has 1 aliphatic rings. The highest BCUT2D eigenvalue weighted by Crippen LogP contribution is 2.01. The molecule has 0 radical (unpaired) electrons. The van der Waals surface area contributed by atoms with Gasteiger partial charge in [0, 0.05) is 6.42 Å². The van der Waals surface area contributed by atoms with Gasteiger partial charge in [0.15, 0.2) is 0 Å². The molecule has 17 nitrogen and oxygen atoms in total. The summed E-state index contributed by atoms with van der Waals surface area (Å²) >= 11 is 0. The molecule has 1 heterocycles. The third-order valence-electron chi connectivity index (χ3n) is 2.59. The van der Waals surface area contributed by atoms with Gasteiger partial charge in [0.05, 0.1) is 19.8 Å². The number of hydrogen-bond acceptors (Lipinski definition) is 13. The maximum Gasteiger partial charge on any atom is 0.508 e. The average Bonchev–Trinajstić information content (AvgIpc) is 3.22. The largest absolute Gasteiger partial charge is 0.508 e. The average molecular weight is 518 g/mol. The van der Waals surface area contributed by atoms with Crippen LogP contribution in [0.1, 0.15) is 33.6 Å². The van der Waals surface area contributed by atoms with E-state index in [1.807, 2.05) is 0 Å². The van der Waals surface area contributed by atoms with E-state index in [0.29, 0.717) is 26.2 Å². The number of ether oxygens (including phenoxy) is 7. The van der Waals surface area contributed by atoms with Gasteiger partial charge in [-0.1, -0.05) is 0 Å². The van der Waals surface area contributed by atoms with Gasteiger partial charge < -0.3 is 53.6 Å². The van der Waals surface area contributed by atoms with Gasteiger partial charge in [-0.05, 0) is 27.2 Å². The van der Waals surface area contributed by atoms with Gasteiger partial charge in [-0.25, -0.2) is 24.0 Å². The van der Waals surface area contributed by atoms with Crippen molar-refractivity contribution >= 4 is 36.7 Å². The van der Waals surface area contributed by atoms with Crippen LogP contribution in [0.4, 0.5) is 24.0 Å². The zero-order chi connectivity index (χ0) is 27.6. The van der Waals surface area contributed by atoms with E-state index in [1.54, 1.807) is 13.8 Å². The molecule has 1 atom stereocenters. The van der Waals surface area contributed by atoms with Crippen molar-refractivity contribution in [3.63, 3.8) is 0 Å². The second-order valence-corrected chi connectivity index (χ2v) is 5.44. The number of esters is 1. The van der Waals surface area contributed by atoms with Crippen LogP contribution in [0, 0.1) is 0 Å². The third kappa shape index (κ3) is 37.5. The molecule has 1 saturated heterocycles. The smallest absolute Gasteiger partial charge is 0.466 e. The minimum atomic E-state index is -1.45. The molecule has 204 valence electrons. The molecule has 0 aromatic rings. The van der Waals surface area contributed by atoms with E-state index in [1.165, 1.54) is 6.92 Å². The molecule has 35 heavy (non-hydrogen) atoms. The van der Waals surface area contributed by atoms with Gasteiger partial charge in [-0.2, -0.15) is 0 Å². The Morgan fingerprint density at radius 3 is 1.51 bits per heavy atom. The predicted octanol–water partition coefficient (Wildman–Crippen LogP) is 2.64. The van der Waals surface area contributed by atoms with Crippen LogP contribution >= 0.6 is 0 Å². The summed E-state index contributed by atoms with van der Waals surface area (Å²) in [5.41, 5.74) is 0. The van der Waals surface area contributed by atoms with Gasteiger partial charge >= 0.3 is 36.7 Å². The maximum absolute atomic E-state index is 10.2. The fraction of sp³-hybridized carbons (Fsp3) is 0.667. The van der Waals surface area contributed by atoms with Gasteiger partial charge in [-0.15, -0.1) is 0 Å².